The molecule has 8 heteroatoms. The molecule has 0 unspecified atom stereocenters. The fourth-order valence-electron chi connectivity index (χ4n) is 2.95. The summed E-state index contributed by atoms with van der Waals surface area (Å²) in [5.41, 5.74) is 1.61. The first-order valence-electron chi connectivity index (χ1n) is 8.26. The molecule has 1 aromatic heterocycles. The van der Waals surface area contributed by atoms with Crippen LogP contribution >= 0.6 is 11.6 Å². The van der Waals surface area contributed by atoms with Crippen molar-refractivity contribution in [1.29, 1.82) is 0 Å². The number of halogens is 1. The zero-order valence-electron chi connectivity index (χ0n) is 14.4. The maximum atomic E-state index is 12.5. The second-order valence-electron chi connectivity index (χ2n) is 6.25. The largest absolute Gasteiger partial charge is 0.390 e. The molecule has 2 rings (SSSR count). The van der Waals surface area contributed by atoms with Gasteiger partial charge in [-0.15, -0.1) is 0 Å². The second-order valence-corrected chi connectivity index (χ2v) is 6.62. The lowest BCUT2D eigenvalue weighted by molar-refractivity contribution is -0.142. The molecule has 0 saturated carbocycles. The van der Waals surface area contributed by atoms with Gasteiger partial charge in [0, 0.05) is 25.4 Å². The van der Waals surface area contributed by atoms with Crippen molar-refractivity contribution in [2.24, 2.45) is 5.92 Å². The van der Waals surface area contributed by atoms with E-state index >= 15 is 0 Å². The number of rotatable bonds is 6. The smallest absolute Gasteiger partial charge is 0.224 e. The molecule has 24 heavy (non-hydrogen) atoms. The van der Waals surface area contributed by atoms with E-state index in [1.54, 1.807) is 9.58 Å². The summed E-state index contributed by atoms with van der Waals surface area (Å²) in [5, 5.41) is 24.7. The number of aryl methyl sites for hydroxylation is 2. The fraction of sp³-hybridized carbons (Fsp3) is 0.750. The number of nitrogens with zero attached hydrogens (tertiary/aromatic N) is 3. The first kappa shape index (κ1) is 19.2. The molecule has 1 amide bonds. The number of hydrogen-bond acceptors (Lipinski definition) is 5. The lowest BCUT2D eigenvalue weighted by Gasteiger charge is -2.35. The predicted molar refractivity (Wildman–Crippen MR) is 89.9 cm³/mol. The number of amides is 1. The molecule has 0 bridgehead atoms. The van der Waals surface area contributed by atoms with E-state index in [0.29, 0.717) is 37.7 Å². The summed E-state index contributed by atoms with van der Waals surface area (Å²) in [7, 11) is 0. The van der Waals surface area contributed by atoms with Crippen molar-refractivity contribution in [3.63, 3.8) is 0 Å². The number of ether oxygens (including phenoxy) is 1. The number of carbonyl (C=O) groups is 1. The topological polar surface area (TPSA) is 87.8 Å². The third-order valence-corrected chi connectivity index (χ3v) is 5.06. The molecule has 1 saturated heterocycles. The Morgan fingerprint density at radius 3 is 2.71 bits per heavy atom. The highest BCUT2D eigenvalue weighted by atomic mass is 35.5. The highest BCUT2D eigenvalue weighted by molar-refractivity contribution is 6.31. The van der Waals surface area contributed by atoms with Crippen LogP contribution in [0.4, 0.5) is 0 Å². The summed E-state index contributed by atoms with van der Waals surface area (Å²) in [6.07, 6.45) is -1.46. The van der Waals surface area contributed by atoms with Gasteiger partial charge in [-0.2, -0.15) is 5.10 Å². The normalized spacial score (nSPS) is 24.2. The number of hydrogen-bond donors (Lipinski definition) is 2. The molecule has 0 radical (unpaired) electrons. The predicted octanol–water partition coefficient (Wildman–Crippen LogP) is 0.760. The van der Waals surface area contributed by atoms with Crippen molar-refractivity contribution in [1.82, 2.24) is 14.7 Å². The van der Waals surface area contributed by atoms with Gasteiger partial charge in [0.1, 0.15) is 6.10 Å². The van der Waals surface area contributed by atoms with E-state index in [1.165, 1.54) is 0 Å². The van der Waals surface area contributed by atoms with Crippen molar-refractivity contribution in [2.45, 2.75) is 45.9 Å². The minimum Gasteiger partial charge on any atom is -0.390 e. The van der Waals surface area contributed by atoms with Crippen LogP contribution in [0.3, 0.4) is 0 Å². The maximum Gasteiger partial charge on any atom is 0.224 e. The third-order valence-electron chi connectivity index (χ3n) is 4.52. The van der Waals surface area contributed by atoms with Gasteiger partial charge < -0.3 is 19.8 Å². The Balaban J connectivity index is 1.92. The highest BCUT2D eigenvalue weighted by Crippen LogP contribution is 2.20. The Kier molecular flexibility index (Phi) is 6.62. The third kappa shape index (κ3) is 4.27. The van der Waals surface area contributed by atoms with Crippen LogP contribution < -0.4 is 0 Å². The van der Waals surface area contributed by atoms with Gasteiger partial charge in [-0.05, 0) is 20.8 Å². The van der Waals surface area contributed by atoms with E-state index in [0.717, 1.165) is 11.4 Å². The number of aliphatic hydroxyl groups excluding tert-OH is 2. The monoisotopic (exact) mass is 359 g/mol. The number of aliphatic hydroxyl groups is 2. The molecule has 0 aliphatic carbocycles. The molecule has 0 spiro atoms. The van der Waals surface area contributed by atoms with E-state index in [-0.39, 0.29) is 18.4 Å². The number of aromatic nitrogens is 2. The Morgan fingerprint density at radius 2 is 2.12 bits per heavy atom. The standard InChI is InChI=1S/C16H26ClN3O4/c1-4-19(7-12-8-24-9-13(21)16(12)23)14(22)5-6-20-11(3)15(17)10(2)18-20/h12-13,16,21,23H,4-9H2,1-3H3/t12-,13-,16+/m1/s1. The Hall–Kier alpha value is -1.15. The first-order chi connectivity index (χ1) is 11.3. The van der Waals surface area contributed by atoms with Crippen LogP contribution in [-0.2, 0) is 16.1 Å². The molecule has 2 N–H and O–H groups in total. The highest BCUT2D eigenvalue weighted by Gasteiger charge is 2.33. The number of carbonyl (C=O) groups excluding carboxylic acids is 1. The first-order valence-corrected chi connectivity index (χ1v) is 8.64. The van der Waals surface area contributed by atoms with Crippen LogP contribution in [0.2, 0.25) is 5.02 Å². The van der Waals surface area contributed by atoms with Crippen LogP contribution in [0.1, 0.15) is 24.7 Å². The van der Waals surface area contributed by atoms with Crippen LogP contribution in [0.25, 0.3) is 0 Å². The second kappa shape index (κ2) is 8.29. The molecule has 3 atom stereocenters. The van der Waals surface area contributed by atoms with Crippen molar-refractivity contribution in [2.75, 3.05) is 26.3 Å². The summed E-state index contributed by atoms with van der Waals surface area (Å²) in [6, 6.07) is 0. The summed E-state index contributed by atoms with van der Waals surface area (Å²) in [4.78, 5) is 14.2. The Labute approximate surface area is 147 Å². The molecule has 1 aliphatic rings. The van der Waals surface area contributed by atoms with Gasteiger partial charge in [-0.25, -0.2) is 0 Å². The van der Waals surface area contributed by atoms with Gasteiger partial charge in [0.05, 0.1) is 42.3 Å². The molecule has 2 heterocycles. The zero-order valence-corrected chi connectivity index (χ0v) is 15.2. The molecule has 7 nitrogen and oxygen atoms in total. The van der Waals surface area contributed by atoms with Crippen LogP contribution in [-0.4, -0.2) is 69.3 Å². The summed E-state index contributed by atoms with van der Waals surface area (Å²) >= 11 is 6.12. The molecule has 136 valence electrons. The van der Waals surface area contributed by atoms with Gasteiger partial charge in [0.15, 0.2) is 0 Å². The van der Waals surface area contributed by atoms with Crippen molar-refractivity contribution in [3.8, 4) is 0 Å². The van der Waals surface area contributed by atoms with Gasteiger partial charge in [-0.1, -0.05) is 11.6 Å². The minimum atomic E-state index is -0.894. The van der Waals surface area contributed by atoms with Gasteiger partial charge >= 0.3 is 0 Å². The van der Waals surface area contributed by atoms with Crippen LogP contribution in [0.15, 0.2) is 0 Å². The van der Waals surface area contributed by atoms with E-state index in [1.807, 2.05) is 20.8 Å². The Bertz CT molecular complexity index is 578. The quantitative estimate of drug-likeness (QED) is 0.783. The zero-order chi connectivity index (χ0) is 17.9. The van der Waals surface area contributed by atoms with Crippen molar-refractivity contribution >= 4 is 17.5 Å². The maximum absolute atomic E-state index is 12.5. The molecule has 1 aliphatic heterocycles. The summed E-state index contributed by atoms with van der Waals surface area (Å²) in [5.74, 6) is -0.297. The van der Waals surface area contributed by atoms with Crippen molar-refractivity contribution in [3.05, 3.63) is 16.4 Å². The average molecular weight is 360 g/mol. The average Bonchev–Trinajstić information content (AvgIpc) is 2.81. The van der Waals surface area contributed by atoms with E-state index in [9.17, 15) is 15.0 Å². The van der Waals surface area contributed by atoms with Gasteiger partial charge in [0.2, 0.25) is 5.91 Å². The van der Waals surface area contributed by atoms with Crippen molar-refractivity contribution < 1.29 is 19.7 Å². The molecule has 1 fully saturated rings. The van der Waals surface area contributed by atoms with E-state index in [4.69, 9.17) is 16.3 Å². The SMILES string of the molecule is CCN(C[C@@H]1COC[C@@H](O)[C@H]1O)C(=O)CCn1nc(C)c(Cl)c1C. The lowest BCUT2D eigenvalue weighted by atomic mass is 9.96. The molecule has 1 aromatic rings. The van der Waals surface area contributed by atoms with E-state index in [2.05, 4.69) is 5.10 Å². The fourth-order valence-corrected chi connectivity index (χ4v) is 3.09. The molecule has 0 aromatic carbocycles. The van der Waals surface area contributed by atoms with Gasteiger partial charge in [0.25, 0.3) is 0 Å². The van der Waals surface area contributed by atoms with E-state index < -0.39 is 12.2 Å². The van der Waals surface area contributed by atoms with Crippen LogP contribution in [0.5, 0.6) is 0 Å². The van der Waals surface area contributed by atoms with Gasteiger partial charge in [-0.3, -0.25) is 9.48 Å². The minimum absolute atomic E-state index is 0.0200. The lowest BCUT2D eigenvalue weighted by Crippen LogP contribution is -2.49. The summed E-state index contributed by atoms with van der Waals surface area (Å²) in [6.45, 7) is 7.45. The summed E-state index contributed by atoms with van der Waals surface area (Å²) < 4.78 is 7.02. The Morgan fingerprint density at radius 1 is 1.42 bits per heavy atom. The molecular formula is C16H26ClN3O4. The molecular weight excluding hydrogens is 334 g/mol. The van der Waals surface area contributed by atoms with Crippen LogP contribution in [0, 0.1) is 19.8 Å².